The SMILES string of the molecule is CN=C(NCCCOCc1ccco1)NCCN(C(C)C)C1CC1.I. The van der Waals surface area contributed by atoms with Gasteiger partial charge in [-0.25, -0.2) is 0 Å². The van der Waals surface area contributed by atoms with E-state index in [4.69, 9.17) is 9.15 Å². The Morgan fingerprint density at radius 1 is 1.36 bits per heavy atom. The summed E-state index contributed by atoms with van der Waals surface area (Å²) in [4.78, 5) is 6.84. The Balaban J connectivity index is 0.00000312. The van der Waals surface area contributed by atoms with Crippen LogP contribution < -0.4 is 10.6 Å². The van der Waals surface area contributed by atoms with Crippen LogP contribution >= 0.6 is 24.0 Å². The van der Waals surface area contributed by atoms with Gasteiger partial charge in [-0.05, 0) is 45.2 Å². The van der Waals surface area contributed by atoms with Crippen molar-refractivity contribution in [1.82, 2.24) is 15.5 Å². The van der Waals surface area contributed by atoms with Crippen molar-refractivity contribution in [2.24, 2.45) is 4.99 Å². The van der Waals surface area contributed by atoms with Crippen molar-refractivity contribution >= 4 is 29.9 Å². The molecule has 1 aromatic heterocycles. The van der Waals surface area contributed by atoms with E-state index in [1.54, 1.807) is 6.26 Å². The smallest absolute Gasteiger partial charge is 0.191 e. The molecule has 1 fully saturated rings. The predicted molar refractivity (Wildman–Crippen MR) is 113 cm³/mol. The molecule has 6 nitrogen and oxygen atoms in total. The van der Waals surface area contributed by atoms with Crippen molar-refractivity contribution in [3.05, 3.63) is 24.2 Å². The first-order valence-electron chi connectivity index (χ1n) is 9.01. The van der Waals surface area contributed by atoms with E-state index in [0.29, 0.717) is 19.3 Å². The van der Waals surface area contributed by atoms with Gasteiger partial charge >= 0.3 is 0 Å². The van der Waals surface area contributed by atoms with Gasteiger partial charge in [-0.3, -0.25) is 9.89 Å². The average molecular weight is 464 g/mol. The average Bonchev–Trinajstić information content (AvgIpc) is 3.27. The van der Waals surface area contributed by atoms with Gasteiger partial charge in [0.05, 0.1) is 6.26 Å². The molecule has 0 aromatic carbocycles. The summed E-state index contributed by atoms with van der Waals surface area (Å²) < 4.78 is 10.8. The monoisotopic (exact) mass is 464 g/mol. The van der Waals surface area contributed by atoms with Gasteiger partial charge in [0.15, 0.2) is 5.96 Å². The highest BCUT2D eigenvalue weighted by molar-refractivity contribution is 14.0. The molecule has 0 spiro atoms. The quantitative estimate of drug-likeness (QED) is 0.228. The first kappa shape index (κ1) is 22.2. The van der Waals surface area contributed by atoms with Crippen molar-refractivity contribution in [2.75, 3.05) is 33.3 Å². The molecule has 1 aliphatic rings. The summed E-state index contributed by atoms with van der Waals surface area (Å²) in [6.45, 7) is 8.61. The summed E-state index contributed by atoms with van der Waals surface area (Å²) in [6.07, 6.45) is 5.30. The second-order valence-electron chi connectivity index (χ2n) is 6.47. The third-order valence-corrected chi connectivity index (χ3v) is 4.15. The maximum absolute atomic E-state index is 5.57. The third kappa shape index (κ3) is 8.91. The predicted octanol–water partition coefficient (Wildman–Crippen LogP) is 2.84. The zero-order chi connectivity index (χ0) is 17.2. The van der Waals surface area contributed by atoms with Crippen LogP contribution in [-0.4, -0.2) is 56.2 Å². The van der Waals surface area contributed by atoms with E-state index in [2.05, 4.69) is 34.4 Å². The Morgan fingerprint density at radius 2 is 2.12 bits per heavy atom. The number of hydrogen-bond donors (Lipinski definition) is 2. The van der Waals surface area contributed by atoms with Crippen LogP contribution in [0, 0.1) is 0 Å². The third-order valence-electron chi connectivity index (χ3n) is 4.15. The van der Waals surface area contributed by atoms with E-state index < -0.39 is 0 Å². The lowest BCUT2D eigenvalue weighted by Gasteiger charge is -2.26. The van der Waals surface area contributed by atoms with E-state index in [1.165, 1.54) is 12.8 Å². The van der Waals surface area contributed by atoms with Crippen LogP contribution in [0.2, 0.25) is 0 Å². The zero-order valence-corrected chi connectivity index (χ0v) is 18.0. The van der Waals surface area contributed by atoms with Gasteiger partial charge in [-0.2, -0.15) is 0 Å². The van der Waals surface area contributed by atoms with E-state index >= 15 is 0 Å². The topological polar surface area (TPSA) is 62.0 Å². The highest BCUT2D eigenvalue weighted by Gasteiger charge is 2.29. The highest BCUT2D eigenvalue weighted by Crippen LogP contribution is 2.27. The van der Waals surface area contributed by atoms with Gasteiger partial charge in [-0.1, -0.05) is 0 Å². The molecule has 144 valence electrons. The lowest BCUT2D eigenvalue weighted by molar-refractivity contribution is 0.105. The maximum atomic E-state index is 5.57. The molecule has 0 unspecified atom stereocenters. The summed E-state index contributed by atoms with van der Waals surface area (Å²) in [6, 6.07) is 5.21. The first-order chi connectivity index (χ1) is 11.7. The molecule has 0 saturated heterocycles. The molecular formula is C18H33IN4O2. The fraction of sp³-hybridized carbons (Fsp3) is 0.722. The number of ether oxygens (including phenoxy) is 1. The van der Waals surface area contributed by atoms with Crippen molar-refractivity contribution in [1.29, 1.82) is 0 Å². The van der Waals surface area contributed by atoms with Gasteiger partial charge in [0.25, 0.3) is 0 Å². The molecule has 1 aromatic rings. The van der Waals surface area contributed by atoms with Gasteiger partial charge in [0, 0.05) is 45.4 Å². The van der Waals surface area contributed by atoms with Crippen molar-refractivity contribution < 1.29 is 9.15 Å². The van der Waals surface area contributed by atoms with E-state index in [9.17, 15) is 0 Å². The summed E-state index contributed by atoms with van der Waals surface area (Å²) in [5, 5.41) is 6.72. The normalized spacial score (nSPS) is 14.7. The van der Waals surface area contributed by atoms with E-state index in [-0.39, 0.29) is 24.0 Å². The van der Waals surface area contributed by atoms with Crippen LogP contribution in [0.3, 0.4) is 0 Å². The zero-order valence-electron chi connectivity index (χ0n) is 15.7. The second kappa shape index (κ2) is 12.5. The number of halogens is 1. The van der Waals surface area contributed by atoms with E-state index in [0.717, 1.165) is 43.8 Å². The fourth-order valence-corrected chi connectivity index (χ4v) is 2.74. The Labute approximate surface area is 168 Å². The summed E-state index contributed by atoms with van der Waals surface area (Å²) in [5.41, 5.74) is 0. The largest absolute Gasteiger partial charge is 0.467 e. The first-order valence-corrected chi connectivity index (χ1v) is 9.01. The summed E-state index contributed by atoms with van der Waals surface area (Å²) >= 11 is 0. The number of nitrogens with one attached hydrogen (secondary N) is 2. The van der Waals surface area contributed by atoms with Crippen LogP contribution in [0.5, 0.6) is 0 Å². The summed E-state index contributed by atoms with van der Waals surface area (Å²) in [7, 11) is 1.81. The van der Waals surface area contributed by atoms with Crippen LogP contribution in [0.4, 0.5) is 0 Å². The molecule has 2 N–H and O–H groups in total. The number of guanidine groups is 1. The minimum atomic E-state index is 0. The molecule has 1 saturated carbocycles. The molecule has 0 atom stereocenters. The number of aliphatic imine (C=N–C) groups is 1. The Bertz CT molecular complexity index is 473. The Kier molecular flexibility index (Phi) is 11.2. The lowest BCUT2D eigenvalue weighted by Crippen LogP contribution is -2.44. The Morgan fingerprint density at radius 3 is 2.72 bits per heavy atom. The molecule has 2 rings (SSSR count). The molecule has 7 heteroatoms. The summed E-state index contributed by atoms with van der Waals surface area (Å²) in [5.74, 6) is 1.73. The number of hydrogen-bond acceptors (Lipinski definition) is 4. The molecule has 1 heterocycles. The van der Waals surface area contributed by atoms with Gasteiger partial charge in [0.2, 0.25) is 0 Å². The van der Waals surface area contributed by atoms with E-state index in [1.807, 2.05) is 19.2 Å². The molecular weight excluding hydrogens is 431 g/mol. The standard InChI is InChI=1S/C18H32N4O2.HI/c1-15(2)22(16-7-8-16)11-10-21-18(19-3)20-9-5-12-23-14-17-6-4-13-24-17;/h4,6,13,15-16H,5,7-12,14H2,1-3H3,(H2,19,20,21);1H. The minimum Gasteiger partial charge on any atom is -0.467 e. The van der Waals surface area contributed by atoms with Gasteiger partial charge in [-0.15, -0.1) is 24.0 Å². The number of rotatable bonds is 11. The molecule has 0 amide bonds. The molecule has 0 aliphatic heterocycles. The van der Waals surface area contributed by atoms with Crippen LogP contribution in [-0.2, 0) is 11.3 Å². The highest BCUT2D eigenvalue weighted by atomic mass is 127. The van der Waals surface area contributed by atoms with Crippen LogP contribution in [0.15, 0.2) is 27.8 Å². The van der Waals surface area contributed by atoms with Crippen molar-refractivity contribution in [3.8, 4) is 0 Å². The number of furan rings is 1. The second-order valence-corrected chi connectivity index (χ2v) is 6.47. The molecule has 0 bridgehead atoms. The lowest BCUT2D eigenvalue weighted by atomic mass is 10.3. The molecule has 25 heavy (non-hydrogen) atoms. The number of nitrogens with zero attached hydrogens (tertiary/aromatic N) is 2. The Hall–Kier alpha value is -0.800. The fourth-order valence-electron chi connectivity index (χ4n) is 2.74. The van der Waals surface area contributed by atoms with Crippen LogP contribution in [0.1, 0.15) is 38.9 Å². The van der Waals surface area contributed by atoms with Gasteiger partial charge < -0.3 is 19.8 Å². The van der Waals surface area contributed by atoms with Crippen molar-refractivity contribution in [3.63, 3.8) is 0 Å². The molecule has 1 aliphatic carbocycles. The van der Waals surface area contributed by atoms with Gasteiger partial charge in [0.1, 0.15) is 12.4 Å². The van der Waals surface area contributed by atoms with Crippen LogP contribution in [0.25, 0.3) is 0 Å². The maximum Gasteiger partial charge on any atom is 0.191 e. The molecule has 0 radical (unpaired) electrons. The minimum absolute atomic E-state index is 0. The van der Waals surface area contributed by atoms with Crippen molar-refractivity contribution in [2.45, 2.75) is 51.8 Å².